The molecule has 0 bridgehead atoms. The van der Waals surface area contributed by atoms with Crippen molar-refractivity contribution in [2.45, 2.75) is 97.0 Å². The van der Waals surface area contributed by atoms with Crippen LogP contribution in [0, 0.1) is 0 Å². The van der Waals surface area contributed by atoms with Gasteiger partial charge in [0.05, 0.1) is 5.69 Å². The Morgan fingerprint density at radius 2 is 2.00 bits per heavy atom. The smallest absolute Gasteiger partial charge is 0.419 e. The molecule has 0 radical (unpaired) electrons. The maximum absolute atomic E-state index is 12.8. The zero-order valence-electron chi connectivity index (χ0n) is 16.3. The molecule has 1 aliphatic carbocycles. The van der Waals surface area contributed by atoms with E-state index in [4.69, 9.17) is 4.74 Å². The molecule has 1 aromatic heterocycles. The average Bonchev–Trinajstić information content (AvgIpc) is 2.92. The maximum Gasteiger partial charge on any atom is 0.419 e. The van der Waals surface area contributed by atoms with Gasteiger partial charge in [0.2, 0.25) is 0 Å². The minimum Gasteiger partial charge on any atom is -0.443 e. The van der Waals surface area contributed by atoms with E-state index in [0.717, 1.165) is 37.7 Å². The third-order valence-electron chi connectivity index (χ3n) is 4.92. The van der Waals surface area contributed by atoms with Crippen LogP contribution in [0.15, 0.2) is 6.07 Å². The highest BCUT2D eigenvalue weighted by Gasteiger charge is 2.28. The van der Waals surface area contributed by atoms with Crippen molar-refractivity contribution >= 4 is 12.4 Å². The van der Waals surface area contributed by atoms with Crippen LogP contribution in [-0.4, -0.2) is 22.5 Å². The topological polar surface area (TPSA) is 48.3 Å². The molecule has 1 unspecified atom stereocenters. The fourth-order valence-corrected chi connectivity index (χ4v) is 3.75. The van der Waals surface area contributed by atoms with Crippen molar-refractivity contribution in [3.63, 3.8) is 0 Å². The molecule has 1 atom stereocenters. The fourth-order valence-electron chi connectivity index (χ4n) is 3.75. The molecule has 0 aliphatic heterocycles. The number of rotatable bonds is 4. The summed E-state index contributed by atoms with van der Waals surface area (Å²) in [5.41, 5.74) is 2.05. The van der Waals surface area contributed by atoms with E-state index in [2.05, 4.69) is 6.92 Å². The standard InChI is InChI=1S/C21H33NO3/c1-5-6-11-16-12-9-7-8-10-13-19-18(16)14-17(15-23)22(19)20(24)25-21(2,3)4/h14-16H,5-13H2,1-4H3. The van der Waals surface area contributed by atoms with E-state index >= 15 is 0 Å². The summed E-state index contributed by atoms with van der Waals surface area (Å²) >= 11 is 0. The van der Waals surface area contributed by atoms with Gasteiger partial charge in [-0.3, -0.25) is 4.79 Å². The lowest BCUT2D eigenvalue weighted by atomic mass is 9.89. The summed E-state index contributed by atoms with van der Waals surface area (Å²) in [6.07, 6.45) is 10.5. The van der Waals surface area contributed by atoms with E-state index in [-0.39, 0.29) is 0 Å². The van der Waals surface area contributed by atoms with Gasteiger partial charge < -0.3 is 4.74 Å². The lowest BCUT2D eigenvalue weighted by molar-refractivity contribution is 0.0526. The summed E-state index contributed by atoms with van der Waals surface area (Å²) in [5, 5.41) is 0. The quantitative estimate of drug-likeness (QED) is 0.640. The Hall–Kier alpha value is -1.58. The molecule has 1 heterocycles. The third kappa shape index (κ3) is 5.20. The molecule has 0 aromatic carbocycles. The van der Waals surface area contributed by atoms with Gasteiger partial charge in [-0.15, -0.1) is 0 Å². The molecular formula is C21H33NO3. The summed E-state index contributed by atoms with van der Waals surface area (Å²) < 4.78 is 7.12. The van der Waals surface area contributed by atoms with Gasteiger partial charge in [0.15, 0.2) is 6.29 Å². The maximum atomic E-state index is 12.8. The van der Waals surface area contributed by atoms with Gasteiger partial charge in [0.1, 0.15) is 5.60 Å². The van der Waals surface area contributed by atoms with E-state index in [1.54, 1.807) is 0 Å². The summed E-state index contributed by atoms with van der Waals surface area (Å²) in [6.45, 7) is 7.77. The largest absolute Gasteiger partial charge is 0.443 e. The molecule has 0 fully saturated rings. The highest BCUT2D eigenvalue weighted by atomic mass is 16.6. The second-order valence-corrected chi connectivity index (χ2v) is 8.20. The van der Waals surface area contributed by atoms with Crippen LogP contribution >= 0.6 is 0 Å². The first-order valence-corrected chi connectivity index (χ1v) is 9.80. The highest BCUT2D eigenvalue weighted by molar-refractivity contribution is 5.84. The van der Waals surface area contributed by atoms with Crippen LogP contribution in [-0.2, 0) is 11.2 Å². The number of aromatic nitrogens is 1. The third-order valence-corrected chi connectivity index (χ3v) is 4.92. The van der Waals surface area contributed by atoms with Crippen molar-refractivity contribution in [2.75, 3.05) is 0 Å². The van der Waals surface area contributed by atoms with Crippen molar-refractivity contribution in [3.8, 4) is 0 Å². The summed E-state index contributed by atoms with van der Waals surface area (Å²) in [5.74, 6) is 0.440. The first-order chi connectivity index (χ1) is 11.9. The second kappa shape index (κ2) is 8.68. The van der Waals surface area contributed by atoms with Crippen molar-refractivity contribution in [2.24, 2.45) is 0 Å². The molecule has 0 amide bonds. The number of fused-ring (bicyclic) bond motifs is 1. The van der Waals surface area contributed by atoms with Crippen LogP contribution in [0.4, 0.5) is 4.79 Å². The highest BCUT2D eigenvalue weighted by Crippen LogP contribution is 2.35. The fraction of sp³-hybridized carbons (Fsp3) is 0.714. The minimum absolute atomic E-state index is 0.427. The molecule has 4 nitrogen and oxygen atoms in total. The number of hydrogen-bond donors (Lipinski definition) is 0. The molecular weight excluding hydrogens is 314 g/mol. The van der Waals surface area contributed by atoms with Gasteiger partial charge in [0.25, 0.3) is 0 Å². The minimum atomic E-state index is -0.575. The summed E-state index contributed by atoms with van der Waals surface area (Å²) in [4.78, 5) is 24.4. The number of hydrogen-bond acceptors (Lipinski definition) is 3. The molecule has 0 spiro atoms. The molecule has 0 N–H and O–H groups in total. The van der Waals surface area contributed by atoms with Crippen LogP contribution < -0.4 is 0 Å². The molecule has 0 saturated carbocycles. The predicted molar refractivity (Wildman–Crippen MR) is 101 cm³/mol. The van der Waals surface area contributed by atoms with Crippen LogP contribution in [0.2, 0.25) is 0 Å². The molecule has 2 rings (SSSR count). The van der Waals surface area contributed by atoms with Crippen molar-refractivity contribution < 1.29 is 14.3 Å². The van der Waals surface area contributed by atoms with Gasteiger partial charge >= 0.3 is 6.09 Å². The number of aldehydes is 1. The Bertz CT molecular complexity index is 595. The van der Waals surface area contributed by atoms with Gasteiger partial charge in [-0.1, -0.05) is 39.0 Å². The van der Waals surface area contributed by atoms with E-state index in [1.807, 2.05) is 26.8 Å². The van der Waals surface area contributed by atoms with Crippen molar-refractivity contribution in [3.05, 3.63) is 23.0 Å². The Morgan fingerprint density at radius 1 is 1.28 bits per heavy atom. The molecule has 0 saturated heterocycles. The second-order valence-electron chi connectivity index (χ2n) is 8.20. The van der Waals surface area contributed by atoms with Crippen molar-refractivity contribution in [1.82, 2.24) is 4.57 Å². The number of carbonyl (C=O) groups is 2. The van der Waals surface area contributed by atoms with E-state index < -0.39 is 11.7 Å². The SMILES string of the molecule is CCCCC1CCCCCCc2c1cc(C=O)n2C(=O)OC(C)(C)C. The summed E-state index contributed by atoms with van der Waals surface area (Å²) in [7, 11) is 0. The van der Waals surface area contributed by atoms with Crippen LogP contribution in [0.5, 0.6) is 0 Å². The van der Waals surface area contributed by atoms with Gasteiger partial charge in [-0.25, -0.2) is 9.36 Å². The van der Waals surface area contributed by atoms with E-state index in [9.17, 15) is 9.59 Å². The lowest BCUT2D eigenvalue weighted by Crippen LogP contribution is -2.29. The summed E-state index contributed by atoms with van der Waals surface area (Å²) in [6, 6.07) is 1.94. The Labute approximate surface area is 151 Å². The molecule has 25 heavy (non-hydrogen) atoms. The number of nitrogens with zero attached hydrogens (tertiary/aromatic N) is 1. The van der Waals surface area contributed by atoms with Crippen LogP contribution in [0.1, 0.15) is 107 Å². The Balaban J connectivity index is 2.45. The van der Waals surface area contributed by atoms with Gasteiger partial charge in [-0.05, 0) is 64.0 Å². The first-order valence-electron chi connectivity index (χ1n) is 9.80. The zero-order chi connectivity index (χ0) is 18.4. The molecule has 1 aromatic rings. The van der Waals surface area contributed by atoms with Gasteiger partial charge in [0, 0.05) is 5.69 Å². The van der Waals surface area contributed by atoms with Crippen LogP contribution in [0.3, 0.4) is 0 Å². The molecule has 4 heteroatoms. The normalized spacial score (nSPS) is 18.6. The van der Waals surface area contributed by atoms with Crippen molar-refractivity contribution in [1.29, 1.82) is 0 Å². The predicted octanol–water partition coefficient (Wildman–Crippen LogP) is 5.86. The molecule has 140 valence electrons. The number of ether oxygens (including phenoxy) is 1. The average molecular weight is 347 g/mol. The number of unbranched alkanes of at least 4 members (excludes halogenated alkanes) is 1. The zero-order valence-corrected chi connectivity index (χ0v) is 16.3. The van der Waals surface area contributed by atoms with E-state index in [1.165, 1.54) is 42.2 Å². The Morgan fingerprint density at radius 3 is 2.64 bits per heavy atom. The van der Waals surface area contributed by atoms with E-state index in [0.29, 0.717) is 11.6 Å². The monoisotopic (exact) mass is 347 g/mol. The molecule has 1 aliphatic rings. The number of carbonyl (C=O) groups excluding carboxylic acids is 2. The lowest BCUT2D eigenvalue weighted by Gasteiger charge is -2.22. The first kappa shape index (κ1) is 19.7. The van der Waals surface area contributed by atoms with Gasteiger partial charge in [-0.2, -0.15) is 0 Å². The Kier molecular flexibility index (Phi) is 6.86. The van der Waals surface area contributed by atoms with Crippen LogP contribution in [0.25, 0.3) is 0 Å².